The number of hydrogen-bond donors (Lipinski definition) is 2. The van der Waals surface area contributed by atoms with Crippen LogP contribution in [-0.2, 0) is 9.53 Å². The summed E-state index contributed by atoms with van der Waals surface area (Å²) < 4.78 is 25.2. The number of halogens is 1. The molecule has 2 aromatic carbocycles. The predicted octanol–water partition coefficient (Wildman–Crippen LogP) is 2.98. The maximum atomic E-state index is 13.3. The summed E-state index contributed by atoms with van der Waals surface area (Å²) in [5.74, 6) is -0.740. The highest BCUT2D eigenvalue weighted by Gasteiger charge is 2.39. The number of nitrogens with one attached hydrogen (secondary N) is 2. The number of hydrogen-bond acceptors (Lipinski definition) is 5. The van der Waals surface area contributed by atoms with E-state index < -0.39 is 11.7 Å². The minimum absolute atomic E-state index is 0.0531. The molecule has 2 aliphatic heterocycles. The standard InChI is InChI=1S/C25H28FN3O5/c1-3-27-23(30)13-18-9-10-20-22(34-18)14-33-21-11-8-17(12-19(21)25(32)29(20)2)28-24(31)15-4-6-16(26)7-5-15/h4-8,11-12,18,20,22H,3,9-10,13-14H2,1-2H3,(H,27,30)(H,28,31)/t18-,20-,22-/m1/s1. The minimum Gasteiger partial charge on any atom is -0.490 e. The number of carbonyl (C=O) groups excluding carboxylic acids is 3. The van der Waals surface area contributed by atoms with Crippen molar-refractivity contribution in [2.75, 3.05) is 25.5 Å². The fourth-order valence-corrected chi connectivity index (χ4v) is 4.39. The number of nitrogens with zero attached hydrogens (tertiary/aromatic N) is 1. The second kappa shape index (κ2) is 10.2. The van der Waals surface area contributed by atoms with Crippen molar-refractivity contribution in [2.45, 2.75) is 44.4 Å². The maximum absolute atomic E-state index is 13.3. The molecule has 0 unspecified atom stereocenters. The Balaban J connectivity index is 1.49. The maximum Gasteiger partial charge on any atom is 0.257 e. The Bertz CT molecular complexity index is 1070. The lowest BCUT2D eigenvalue weighted by Gasteiger charge is -2.42. The first kappa shape index (κ1) is 23.7. The van der Waals surface area contributed by atoms with Crippen LogP contribution in [0.5, 0.6) is 5.75 Å². The summed E-state index contributed by atoms with van der Waals surface area (Å²) in [5, 5.41) is 5.53. The van der Waals surface area contributed by atoms with E-state index in [1.165, 1.54) is 24.3 Å². The monoisotopic (exact) mass is 469 g/mol. The first-order valence-corrected chi connectivity index (χ1v) is 11.4. The lowest BCUT2D eigenvalue weighted by Crippen LogP contribution is -2.54. The Labute approximate surface area is 197 Å². The molecule has 0 bridgehead atoms. The number of anilines is 1. The molecule has 8 nitrogen and oxygen atoms in total. The SMILES string of the molecule is CCNC(=O)C[C@H]1CC[C@@H]2[C@@H](COc3ccc(NC(=O)c4ccc(F)cc4)cc3C(=O)N2C)O1. The third-order valence-electron chi connectivity index (χ3n) is 6.16. The van der Waals surface area contributed by atoms with Gasteiger partial charge in [0.25, 0.3) is 11.8 Å². The van der Waals surface area contributed by atoms with Crippen LogP contribution in [0.2, 0.25) is 0 Å². The zero-order valence-corrected chi connectivity index (χ0v) is 19.2. The number of likely N-dealkylation sites (N-methyl/N-ethyl adjacent to an activating group) is 1. The average molecular weight is 470 g/mol. The van der Waals surface area contributed by atoms with Gasteiger partial charge in [0.05, 0.1) is 24.1 Å². The van der Waals surface area contributed by atoms with E-state index in [9.17, 15) is 18.8 Å². The zero-order chi connectivity index (χ0) is 24.2. The van der Waals surface area contributed by atoms with Crippen molar-refractivity contribution in [1.82, 2.24) is 10.2 Å². The van der Waals surface area contributed by atoms with Gasteiger partial charge in [-0.3, -0.25) is 14.4 Å². The molecule has 0 spiro atoms. The van der Waals surface area contributed by atoms with Crippen LogP contribution in [0.4, 0.5) is 10.1 Å². The van der Waals surface area contributed by atoms with Gasteiger partial charge in [-0.05, 0) is 62.2 Å². The van der Waals surface area contributed by atoms with E-state index in [4.69, 9.17) is 9.47 Å². The molecule has 2 aliphatic rings. The predicted molar refractivity (Wildman–Crippen MR) is 123 cm³/mol. The highest BCUT2D eigenvalue weighted by Crippen LogP contribution is 2.32. The van der Waals surface area contributed by atoms with Crippen LogP contribution in [0.15, 0.2) is 42.5 Å². The summed E-state index contributed by atoms with van der Waals surface area (Å²) in [4.78, 5) is 39.4. The lowest BCUT2D eigenvalue weighted by atomic mass is 9.94. The Kier molecular flexibility index (Phi) is 7.12. The molecule has 9 heteroatoms. The molecule has 180 valence electrons. The van der Waals surface area contributed by atoms with Gasteiger partial charge >= 0.3 is 0 Å². The van der Waals surface area contributed by atoms with Gasteiger partial charge in [-0.1, -0.05) is 0 Å². The number of amides is 3. The van der Waals surface area contributed by atoms with Crippen molar-refractivity contribution in [2.24, 2.45) is 0 Å². The fourth-order valence-electron chi connectivity index (χ4n) is 4.39. The zero-order valence-electron chi connectivity index (χ0n) is 19.2. The van der Waals surface area contributed by atoms with Crippen LogP contribution in [0.1, 0.15) is 46.9 Å². The van der Waals surface area contributed by atoms with Crippen LogP contribution in [0.3, 0.4) is 0 Å². The van der Waals surface area contributed by atoms with Gasteiger partial charge in [-0.2, -0.15) is 0 Å². The van der Waals surface area contributed by atoms with E-state index in [0.29, 0.717) is 42.0 Å². The highest BCUT2D eigenvalue weighted by molar-refractivity contribution is 6.05. The number of fused-ring (bicyclic) bond motifs is 2. The molecule has 34 heavy (non-hydrogen) atoms. The van der Waals surface area contributed by atoms with Gasteiger partial charge in [0.15, 0.2) is 0 Å². The third-order valence-corrected chi connectivity index (χ3v) is 6.16. The van der Waals surface area contributed by atoms with Crippen LogP contribution in [0, 0.1) is 5.82 Å². The van der Waals surface area contributed by atoms with Crippen molar-refractivity contribution < 1.29 is 28.2 Å². The molecule has 3 amide bonds. The Morgan fingerprint density at radius 1 is 1.15 bits per heavy atom. The first-order valence-electron chi connectivity index (χ1n) is 11.4. The van der Waals surface area contributed by atoms with E-state index in [1.54, 1.807) is 30.1 Å². The van der Waals surface area contributed by atoms with Crippen molar-refractivity contribution in [3.63, 3.8) is 0 Å². The van der Waals surface area contributed by atoms with Crippen molar-refractivity contribution >= 4 is 23.4 Å². The lowest BCUT2D eigenvalue weighted by molar-refractivity contribution is -0.133. The van der Waals surface area contributed by atoms with Gasteiger partial charge in [0.2, 0.25) is 5.91 Å². The van der Waals surface area contributed by atoms with E-state index in [1.807, 2.05) is 6.92 Å². The summed E-state index contributed by atoms with van der Waals surface area (Å²) in [6.07, 6.45) is 1.06. The van der Waals surface area contributed by atoms with Crippen LogP contribution >= 0.6 is 0 Å². The van der Waals surface area contributed by atoms with Gasteiger partial charge in [-0.15, -0.1) is 0 Å². The fraction of sp³-hybridized carbons (Fsp3) is 0.400. The average Bonchev–Trinajstić information content (AvgIpc) is 2.82. The summed E-state index contributed by atoms with van der Waals surface area (Å²) in [6.45, 7) is 2.68. The van der Waals surface area contributed by atoms with E-state index >= 15 is 0 Å². The molecule has 2 aromatic rings. The molecule has 2 heterocycles. The summed E-state index contributed by atoms with van der Waals surface area (Å²) in [7, 11) is 1.73. The van der Waals surface area contributed by atoms with Crippen LogP contribution < -0.4 is 15.4 Å². The molecule has 2 N–H and O–H groups in total. The topological polar surface area (TPSA) is 97.0 Å². The molecular weight excluding hydrogens is 441 g/mol. The van der Waals surface area contributed by atoms with E-state index in [2.05, 4.69) is 10.6 Å². The normalized spacial score (nSPS) is 21.9. The van der Waals surface area contributed by atoms with Crippen molar-refractivity contribution in [3.8, 4) is 5.75 Å². The third kappa shape index (κ3) is 5.20. The number of carbonyl (C=O) groups is 3. The molecule has 0 radical (unpaired) electrons. The van der Waals surface area contributed by atoms with Gasteiger partial charge in [0.1, 0.15) is 24.3 Å². The second-order valence-electron chi connectivity index (χ2n) is 8.50. The number of ether oxygens (including phenoxy) is 2. The number of rotatable bonds is 5. The van der Waals surface area contributed by atoms with Crippen LogP contribution in [-0.4, -0.2) is 61.1 Å². The van der Waals surface area contributed by atoms with Crippen molar-refractivity contribution in [3.05, 3.63) is 59.4 Å². The van der Waals surface area contributed by atoms with E-state index in [-0.39, 0.29) is 43.1 Å². The number of benzene rings is 2. The summed E-state index contributed by atoms with van der Waals surface area (Å²) >= 11 is 0. The van der Waals surface area contributed by atoms with Crippen LogP contribution in [0.25, 0.3) is 0 Å². The smallest absolute Gasteiger partial charge is 0.257 e. The second-order valence-corrected chi connectivity index (χ2v) is 8.50. The van der Waals surface area contributed by atoms with Gasteiger partial charge in [0, 0.05) is 24.8 Å². The molecule has 3 atom stereocenters. The molecular formula is C25H28FN3O5. The van der Waals surface area contributed by atoms with E-state index in [0.717, 1.165) is 0 Å². The molecule has 0 aromatic heterocycles. The highest BCUT2D eigenvalue weighted by atomic mass is 19.1. The Morgan fingerprint density at radius 3 is 2.65 bits per heavy atom. The summed E-state index contributed by atoms with van der Waals surface area (Å²) in [5.41, 5.74) is 1.07. The Morgan fingerprint density at radius 2 is 1.91 bits per heavy atom. The molecule has 4 rings (SSSR count). The molecule has 0 saturated carbocycles. The molecule has 1 fully saturated rings. The summed E-state index contributed by atoms with van der Waals surface area (Å²) in [6, 6.07) is 9.88. The quantitative estimate of drug-likeness (QED) is 0.702. The first-order chi connectivity index (χ1) is 16.4. The van der Waals surface area contributed by atoms with Gasteiger partial charge < -0.3 is 25.0 Å². The molecule has 1 saturated heterocycles. The molecule has 0 aliphatic carbocycles. The van der Waals surface area contributed by atoms with Crippen molar-refractivity contribution in [1.29, 1.82) is 0 Å². The minimum atomic E-state index is -0.427. The largest absolute Gasteiger partial charge is 0.490 e. The Hall–Kier alpha value is -3.46. The van der Waals surface area contributed by atoms with Gasteiger partial charge in [-0.25, -0.2) is 4.39 Å².